The summed E-state index contributed by atoms with van der Waals surface area (Å²) in [5.74, 6) is -0.310. The van der Waals surface area contributed by atoms with Crippen molar-refractivity contribution in [1.29, 1.82) is 0 Å². The Morgan fingerprint density at radius 1 is 1.32 bits per heavy atom. The molecular weight excluding hydrogens is 358 g/mol. The molecule has 0 aliphatic carbocycles. The smallest absolute Gasteiger partial charge is 0.270 e. The second kappa shape index (κ2) is 7.54. The highest BCUT2D eigenvalue weighted by molar-refractivity contribution is 7.16. The lowest BCUT2D eigenvalue weighted by Gasteiger charge is -2.04. The lowest BCUT2D eigenvalue weighted by atomic mass is 10.2. The summed E-state index contributed by atoms with van der Waals surface area (Å²) < 4.78 is 0. The molecule has 1 amide bonds. The molecule has 0 atom stereocenters. The molecule has 0 aliphatic rings. The zero-order valence-corrected chi connectivity index (χ0v) is 15.0. The number of carbonyl (C=O) groups excluding carboxylic acids is 1. The van der Waals surface area contributed by atoms with Gasteiger partial charge in [-0.2, -0.15) is 0 Å². The number of aromatic nitrogens is 1. The number of hydrogen-bond acceptors (Lipinski definition) is 6. The molecule has 0 fully saturated rings. The number of aryl methyl sites for hydroxylation is 1. The number of nitrogens with zero attached hydrogens (tertiary/aromatic N) is 2. The number of benzene rings is 1. The van der Waals surface area contributed by atoms with Crippen molar-refractivity contribution in [3.05, 3.63) is 67.3 Å². The van der Waals surface area contributed by atoms with Crippen LogP contribution in [0.15, 0.2) is 41.8 Å². The number of non-ortho nitro benzene ring substituents is 1. The highest BCUT2D eigenvalue weighted by Crippen LogP contribution is 2.29. The summed E-state index contributed by atoms with van der Waals surface area (Å²) >= 11 is 3.28. The molecule has 25 heavy (non-hydrogen) atoms. The van der Waals surface area contributed by atoms with E-state index in [-0.39, 0.29) is 11.6 Å². The Balaban J connectivity index is 1.56. The van der Waals surface area contributed by atoms with Crippen LogP contribution in [-0.2, 0) is 6.42 Å². The van der Waals surface area contributed by atoms with Crippen molar-refractivity contribution in [3.8, 4) is 10.6 Å². The first-order chi connectivity index (χ1) is 12.0. The number of nitrogens with one attached hydrogen (secondary N) is 1. The van der Waals surface area contributed by atoms with Gasteiger partial charge >= 0.3 is 0 Å². The van der Waals surface area contributed by atoms with Crippen molar-refractivity contribution in [2.24, 2.45) is 0 Å². The third kappa shape index (κ3) is 4.28. The largest absolute Gasteiger partial charge is 0.352 e. The van der Waals surface area contributed by atoms with Crippen LogP contribution < -0.4 is 5.32 Å². The molecule has 1 aromatic carbocycles. The van der Waals surface area contributed by atoms with Crippen molar-refractivity contribution in [1.82, 2.24) is 10.3 Å². The van der Waals surface area contributed by atoms with Crippen molar-refractivity contribution in [2.45, 2.75) is 13.3 Å². The fourth-order valence-corrected chi connectivity index (χ4v) is 3.94. The summed E-state index contributed by atoms with van der Waals surface area (Å²) in [7, 11) is 0. The molecule has 8 heteroatoms. The SMILES string of the molecule is Cc1nc(-c2ccc(CCNC(=O)c3cccc([N+](=O)[O-])c3)s2)cs1. The van der Waals surface area contributed by atoms with Crippen LogP contribution in [0.25, 0.3) is 10.6 Å². The molecule has 0 radical (unpaired) electrons. The zero-order chi connectivity index (χ0) is 17.8. The Morgan fingerprint density at radius 3 is 2.88 bits per heavy atom. The Labute approximate surface area is 152 Å². The van der Waals surface area contributed by atoms with Crippen LogP contribution >= 0.6 is 22.7 Å². The number of rotatable bonds is 6. The molecule has 0 bridgehead atoms. The lowest BCUT2D eigenvalue weighted by molar-refractivity contribution is -0.384. The molecule has 3 rings (SSSR count). The second-order valence-electron chi connectivity index (χ2n) is 5.33. The van der Waals surface area contributed by atoms with E-state index in [9.17, 15) is 14.9 Å². The van der Waals surface area contributed by atoms with Crippen LogP contribution in [0.4, 0.5) is 5.69 Å². The predicted octanol–water partition coefficient (Wildman–Crippen LogP) is 4.06. The van der Waals surface area contributed by atoms with Gasteiger partial charge in [-0.1, -0.05) is 6.07 Å². The van der Waals surface area contributed by atoms with E-state index in [0.717, 1.165) is 20.5 Å². The maximum absolute atomic E-state index is 12.1. The van der Waals surface area contributed by atoms with Crippen molar-refractivity contribution < 1.29 is 9.72 Å². The summed E-state index contributed by atoms with van der Waals surface area (Å²) in [5, 5.41) is 16.6. The summed E-state index contributed by atoms with van der Waals surface area (Å²) in [6.45, 7) is 2.45. The van der Waals surface area contributed by atoms with Gasteiger partial charge in [-0.25, -0.2) is 4.98 Å². The van der Waals surface area contributed by atoms with E-state index in [1.165, 1.54) is 18.2 Å². The topological polar surface area (TPSA) is 85.1 Å². The summed E-state index contributed by atoms with van der Waals surface area (Å²) in [6, 6.07) is 9.79. The molecule has 3 aromatic rings. The van der Waals surface area contributed by atoms with Crippen molar-refractivity contribution in [2.75, 3.05) is 6.54 Å². The first-order valence-electron chi connectivity index (χ1n) is 7.57. The average molecular weight is 373 g/mol. The van der Waals surface area contributed by atoms with Gasteiger partial charge in [0.05, 0.1) is 20.5 Å². The first-order valence-corrected chi connectivity index (χ1v) is 9.26. The molecular formula is C17H15N3O3S2. The second-order valence-corrected chi connectivity index (χ2v) is 7.56. The maximum Gasteiger partial charge on any atom is 0.270 e. The zero-order valence-electron chi connectivity index (χ0n) is 13.4. The Bertz CT molecular complexity index is 917. The highest BCUT2D eigenvalue weighted by Gasteiger charge is 2.11. The third-order valence-electron chi connectivity index (χ3n) is 3.51. The fraction of sp³-hybridized carbons (Fsp3) is 0.176. The van der Waals surface area contributed by atoms with Gasteiger partial charge in [0.2, 0.25) is 0 Å². The molecule has 0 aliphatic heterocycles. The van der Waals surface area contributed by atoms with Gasteiger partial charge in [0.25, 0.3) is 11.6 Å². The van der Waals surface area contributed by atoms with E-state index in [1.807, 2.05) is 24.4 Å². The number of hydrogen-bond donors (Lipinski definition) is 1. The molecule has 6 nitrogen and oxygen atoms in total. The Hall–Kier alpha value is -2.58. The number of carbonyl (C=O) groups is 1. The van der Waals surface area contributed by atoms with E-state index in [2.05, 4.69) is 10.3 Å². The standard InChI is InChI=1S/C17H15N3O3S2/c1-11-19-15(10-24-11)16-6-5-14(25-16)7-8-18-17(21)12-3-2-4-13(9-12)20(22)23/h2-6,9-10H,7-8H2,1H3,(H,18,21). The van der Waals surface area contributed by atoms with E-state index < -0.39 is 4.92 Å². The minimum Gasteiger partial charge on any atom is -0.352 e. The van der Waals surface area contributed by atoms with Gasteiger partial charge in [-0.15, -0.1) is 22.7 Å². The van der Waals surface area contributed by atoms with Gasteiger partial charge in [-0.05, 0) is 31.5 Å². The molecule has 2 heterocycles. The van der Waals surface area contributed by atoms with Crippen LogP contribution in [0.1, 0.15) is 20.2 Å². The van der Waals surface area contributed by atoms with E-state index in [0.29, 0.717) is 18.5 Å². The highest BCUT2D eigenvalue weighted by atomic mass is 32.1. The van der Waals surface area contributed by atoms with Crippen LogP contribution in [0.2, 0.25) is 0 Å². The number of thiophene rings is 1. The number of nitro groups is 1. The minimum absolute atomic E-state index is 0.0888. The quantitative estimate of drug-likeness (QED) is 0.521. The summed E-state index contributed by atoms with van der Waals surface area (Å²) in [6.07, 6.45) is 0.703. The first kappa shape index (κ1) is 17.2. The van der Waals surface area contributed by atoms with Crippen LogP contribution in [0.5, 0.6) is 0 Å². The summed E-state index contributed by atoms with van der Waals surface area (Å²) in [5.41, 5.74) is 1.19. The molecule has 2 aromatic heterocycles. The van der Waals surface area contributed by atoms with Gasteiger partial charge in [0.1, 0.15) is 0 Å². The van der Waals surface area contributed by atoms with Gasteiger partial charge in [0, 0.05) is 34.5 Å². The third-order valence-corrected chi connectivity index (χ3v) is 5.45. The predicted molar refractivity (Wildman–Crippen MR) is 99.3 cm³/mol. The Kier molecular flexibility index (Phi) is 5.20. The molecule has 0 saturated heterocycles. The fourth-order valence-electron chi connectivity index (χ4n) is 2.29. The minimum atomic E-state index is -0.510. The summed E-state index contributed by atoms with van der Waals surface area (Å²) in [4.78, 5) is 29.1. The molecule has 128 valence electrons. The van der Waals surface area contributed by atoms with E-state index in [1.54, 1.807) is 28.7 Å². The van der Waals surface area contributed by atoms with E-state index >= 15 is 0 Å². The monoisotopic (exact) mass is 373 g/mol. The average Bonchev–Trinajstić information content (AvgIpc) is 3.24. The Morgan fingerprint density at radius 2 is 2.16 bits per heavy atom. The molecule has 0 unspecified atom stereocenters. The van der Waals surface area contributed by atoms with E-state index in [4.69, 9.17) is 0 Å². The number of nitro benzene ring substituents is 1. The molecule has 0 saturated carbocycles. The normalized spacial score (nSPS) is 10.6. The van der Waals surface area contributed by atoms with Crippen molar-refractivity contribution in [3.63, 3.8) is 0 Å². The number of thiazole rings is 1. The molecule has 1 N–H and O–H groups in total. The van der Waals surface area contributed by atoms with Crippen LogP contribution in [0, 0.1) is 17.0 Å². The number of amides is 1. The van der Waals surface area contributed by atoms with Crippen LogP contribution in [-0.4, -0.2) is 22.4 Å². The van der Waals surface area contributed by atoms with Gasteiger partial charge in [-0.3, -0.25) is 14.9 Å². The van der Waals surface area contributed by atoms with Gasteiger partial charge < -0.3 is 5.32 Å². The van der Waals surface area contributed by atoms with Crippen molar-refractivity contribution >= 4 is 34.3 Å². The van der Waals surface area contributed by atoms with Gasteiger partial charge in [0.15, 0.2) is 0 Å². The maximum atomic E-state index is 12.1. The van der Waals surface area contributed by atoms with Crippen LogP contribution in [0.3, 0.4) is 0 Å². The lowest BCUT2D eigenvalue weighted by Crippen LogP contribution is -2.25. The molecule has 0 spiro atoms.